The number of nitrogens with zero attached hydrogens (tertiary/aromatic N) is 4. The molecule has 0 spiro atoms. The quantitative estimate of drug-likeness (QED) is 0.807. The number of fused-ring (bicyclic) bond motifs is 1. The van der Waals surface area contributed by atoms with Crippen molar-refractivity contribution in [2.75, 3.05) is 37.9 Å². The highest BCUT2D eigenvalue weighted by Gasteiger charge is 2.25. The molecule has 1 saturated heterocycles. The van der Waals surface area contributed by atoms with E-state index in [1.165, 1.54) is 18.5 Å². The summed E-state index contributed by atoms with van der Waals surface area (Å²) in [5, 5.41) is 4.31. The summed E-state index contributed by atoms with van der Waals surface area (Å²) in [5.41, 5.74) is 1.24. The Balaban J connectivity index is 1.32. The van der Waals surface area contributed by atoms with Crippen LogP contribution in [-0.2, 0) is 6.54 Å². The zero-order valence-corrected chi connectivity index (χ0v) is 14.8. The van der Waals surface area contributed by atoms with Crippen molar-refractivity contribution in [3.63, 3.8) is 0 Å². The molecule has 0 N–H and O–H groups in total. The topological polar surface area (TPSA) is 42.8 Å². The lowest BCUT2D eigenvalue weighted by Gasteiger charge is -2.39. The fourth-order valence-corrected chi connectivity index (χ4v) is 3.83. The molecular formula is C19H26N4O2. The molecule has 2 aliphatic heterocycles. The Hall–Kier alpha value is -2.21. The molecule has 0 saturated carbocycles. The highest BCUT2D eigenvalue weighted by Crippen LogP contribution is 2.36. The van der Waals surface area contributed by atoms with Crippen molar-refractivity contribution in [3.8, 4) is 11.5 Å². The molecule has 25 heavy (non-hydrogen) atoms. The van der Waals surface area contributed by atoms with Gasteiger partial charge in [-0.2, -0.15) is 5.10 Å². The summed E-state index contributed by atoms with van der Waals surface area (Å²) in [7, 11) is 0. The van der Waals surface area contributed by atoms with Crippen LogP contribution in [0.5, 0.6) is 11.5 Å². The summed E-state index contributed by atoms with van der Waals surface area (Å²) in [4.78, 5) is 5.05. The van der Waals surface area contributed by atoms with E-state index in [-0.39, 0.29) is 0 Å². The predicted octanol–water partition coefficient (Wildman–Crippen LogP) is 2.60. The zero-order chi connectivity index (χ0) is 17.1. The van der Waals surface area contributed by atoms with Gasteiger partial charge >= 0.3 is 0 Å². The van der Waals surface area contributed by atoms with E-state index in [4.69, 9.17) is 9.47 Å². The molecule has 0 bridgehead atoms. The number of rotatable bonds is 6. The van der Waals surface area contributed by atoms with E-state index in [1.807, 2.05) is 29.2 Å². The summed E-state index contributed by atoms with van der Waals surface area (Å²) in [6, 6.07) is 8.92. The molecule has 2 aliphatic rings. The van der Waals surface area contributed by atoms with Crippen molar-refractivity contribution in [3.05, 3.63) is 36.7 Å². The number of anilines is 1. The van der Waals surface area contributed by atoms with Gasteiger partial charge in [-0.25, -0.2) is 0 Å². The number of likely N-dealkylation sites (N-methyl/N-ethyl adjacent to an activating group) is 1. The van der Waals surface area contributed by atoms with Gasteiger partial charge in [0.25, 0.3) is 0 Å². The smallest absolute Gasteiger partial charge is 0.231 e. The second-order valence-electron chi connectivity index (χ2n) is 6.65. The van der Waals surface area contributed by atoms with Crippen LogP contribution in [0.3, 0.4) is 0 Å². The van der Waals surface area contributed by atoms with Crippen LogP contribution in [-0.4, -0.2) is 53.7 Å². The van der Waals surface area contributed by atoms with Gasteiger partial charge in [-0.15, -0.1) is 0 Å². The normalized spacial score (nSPS) is 17.4. The molecule has 134 valence electrons. The third-order valence-electron chi connectivity index (χ3n) is 5.28. The molecule has 1 aromatic carbocycles. The molecule has 1 aromatic heterocycles. The maximum atomic E-state index is 5.51. The SMILES string of the molecule is CCN(CCn1cccn1)C1CCN(c2ccc3c(c2)OCO3)CC1. The third-order valence-corrected chi connectivity index (χ3v) is 5.28. The minimum atomic E-state index is 0.336. The zero-order valence-electron chi connectivity index (χ0n) is 14.8. The number of ether oxygens (including phenoxy) is 2. The molecule has 1 fully saturated rings. The first-order chi connectivity index (χ1) is 12.3. The Bertz CT molecular complexity index is 681. The van der Waals surface area contributed by atoms with E-state index in [1.54, 1.807) is 0 Å². The number of aromatic nitrogens is 2. The molecular weight excluding hydrogens is 316 g/mol. The summed E-state index contributed by atoms with van der Waals surface area (Å²) >= 11 is 0. The lowest BCUT2D eigenvalue weighted by Crippen LogP contribution is -2.46. The van der Waals surface area contributed by atoms with E-state index in [0.29, 0.717) is 12.8 Å². The van der Waals surface area contributed by atoms with Crippen LogP contribution in [0.2, 0.25) is 0 Å². The molecule has 0 unspecified atom stereocenters. The maximum absolute atomic E-state index is 5.51. The largest absolute Gasteiger partial charge is 0.454 e. The number of hydrogen-bond acceptors (Lipinski definition) is 5. The van der Waals surface area contributed by atoms with E-state index in [9.17, 15) is 0 Å². The van der Waals surface area contributed by atoms with Crippen molar-refractivity contribution >= 4 is 5.69 Å². The Kier molecular flexibility index (Phi) is 4.78. The summed E-state index contributed by atoms with van der Waals surface area (Å²) in [6.07, 6.45) is 6.28. The van der Waals surface area contributed by atoms with Gasteiger partial charge in [0.15, 0.2) is 11.5 Å². The Morgan fingerprint density at radius 3 is 2.80 bits per heavy atom. The summed E-state index contributed by atoms with van der Waals surface area (Å²) in [5.74, 6) is 1.73. The van der Waals surface area contributed by atoms with E-state index in [0.717, 1.165) is 44.2 Å². The molecule has 4 rings (SSSR count). The van der Waals surface area contributed by atoms with Gasteiger partial charge < -0.3 is 14.4 Å². The molecule has 2 aromatic rings. The Morgan fingerprint density at radius 1 is 1.20 bits per heavy atom. The van der Waals surface area contributed by atoms with Gasteiger partial charge in [0.05, 0.1) is 6.54 Å². The molecule has 6 heteroatoms. The second kappa shape index (κ2) is 7.35. The first-order valence-electron chi connectivity index (χ1n) is 9.19. The van der Waals surface area contributed by atoms with Gasteiger partial charge in [0.2, 0.25) is 6.79 Å². The maximum Gasteiger partial charge on any atom is 0.231 e. The molecule has 0 atom stereocenters. The lowest BCUT2D eigenvalue weighted by atomic mass is 10.0. The van der Waals surface area contributed by atoms with Crippen molar-refractivity contribution in [1.82, 2.24) is 14.7 Å². The first-order valence-corrected chi connectivity index (χ1v) is 9.19. The fourth-order valence-electron chi connectivity index (χ4n) is 3.83. The molecule has 3 heterocycles. The van der Waals surface area contributed by atoms with Crippen LogP contribution in [0.4, 0.5) is 5.69 Å². The highest BCUT2D eigenvalue weighted by atomic mass is 16.7. The second-order valence-corrected chi connectivity index (χ2v) is 6.65. The molecule has 0 radical (unpaired) electrons. The lowest BCUT2D eigenvalue weighted by molar-refractivity contribution is 0.169. The minimum Gasteiger partial charge on any atom is -0.454 e. The van der Waals surface area contributed by atoms with Crippen LogP contribution in [0.25, 0.3) is 0 Å². The summed E-state index contributed by atoms with van der Waals surface area (Å²) < 4.78 is 12.9. The number of hydrogen-bond donors (Lipinski definition) is 0. The van der Waals surface area contributed by atoms with Gasteiger partial charge in [0, 0.05) is 49.8 Å². The molecule has 0 amide bonds. The molecule has 6 nitrogen and oxygen atoms in total. The standard InChI is InChI=1S/C19H26N4O2/c1-2-21(12-13-23-9-3-8-20-23)16-6-10-22(11-7-16)17-4-5-18-19(14-17)25-15-24-18/h3-5,8-9,14,16H,2,6-7,10-13,15H2,1H3. The van der Waals surface area contributed by atoms with Crippen molar-refractivity contribution in [1.29, 1.82) is 0 Å². The third kappa shape index (κ3) is 3.58. The minimum absolute atomic E-state index is 0.336. The summed E-state index contributed by atoms with van der Waals surface area (Å²) in [6.45, 7) is 7.88. The van der Waals surface area contributed by atoms with Crippen molar-refractivity contribution in [2.45, 2.75) is 32.4 Å². The first kappa shape index (κ1) is 16.3. The average molecular weight is 342 g/mol. The Labute approximate surface area is 148 Å². The van der Waals surface area contributed by atoms with Gasteiger partial charge in [-0.1, -0.05) is 6.92 Å². The van der Waals surface area contributed by atoms with Crippen LogP contribution < -0.4 is 14.4 Å². The predicted molar refractivity (Wildman–Crippen MR) is 97.3 cm³/mol. The average Bonchev–Trinajstić information content (AvgIpc) is 3.34. The van der Waals surface area contributed by atoms with Crippen LogP contribution in [0.1, 0.15) is 19.8 Å². The monoisotopic (exact) mass is 342 g/mol. The fraction of sp³-hybridized carbons (Fsp3) is 0.526. The number of benzene rings is 1. The van der Waals surface area contributed by atoms with E-state index < -0.39 is 0 Å². The van der Waals surface area contributed by atoms with Crippen molar-refractivity contribution in [2.24, 2.45) is 0 Å². The highest BCUT2D eigenvalue weighted by molar-refractivity contribution is 5.57. The van der Waals surface area contributed by atoms with Crippen LogP contribution in [0.15, 0.2) is 36.7 Å². The van der Waals surface area contributed by atoms with Gasteiger partial charge in [0.1, 0.15) is 0 Å². The Morgan fingerprint density at radius 2 is 2.04 bits per heavy atom. The number of piperidine rings is 1. The van der Waals surface area contributed by atoms with Crippen molar-refractivity contribution < 1.29 is 9.47 Å². The van der Waals surface area contributed by atoms with Gasteiger partial charge in [-0.3, -0.25) is 9.58 Å². The van der Waals surface area contributed by atoms with E-state index >= 15 is 0 Å². The van der Waals surface area contributed by atoms with E-state index in [2.05, 4.69) is 34.0 Å². The van der Waals surface area contributed by atoms with Gasteiger partial charge in [-0.05, 0) is 37.6 Å². The van der Waals surface area contributed by atoms with Crippen LogP contribution >= 0.6 is 0 Å². The van der Waals surface area contributed by atoms with Crippen LogP contribution in [0, 0.1) is 0 Å². The molecule has 0 aliphatic carbocycles.